The van der Waals surface area contributed by atoms with Crippen LogP contribution in [-0.4, -0.2) is 5.91 Å². The molecule has 0 bridgehead atoms. The third kappa shape index (κ3) is 3.96. The molecule has 0 spiro atoms. The second-order valence-corrected chi connectivity index (χ2v) is 5.65. The number of rotatable bonds is 4. The van der Waals surface area contributed by atoms with Crippen molar-refractivity contribution < 1.29 is 13.6 Å². The van der Waals surface area contributed by atoms with E-state index in [0.717, 1.165) is 12.1 Å². The first-order valence-electron chi connectivity index (χ1n) is 6.55. The first-order chi connectivity index (χ1) is 10.4. The SMILES string of the molecule is C[C@H](NC(=O)Cc1c(Cl)cccc1Cl)c1ccc(F)cc1F. The van der Waals surface area contributed by atoms with Crippen molar-refractivity contribution in [2.24, 2.45) is 0 Å². The highest BCUT2D eigenvalue weighted by Crippen LogP contribution is 2.25. The van der Waals surface area contributed by atoms with E-state index in [0.29, 0.717) is 15.6 Å². The van der Waals surface area contributed by atoms with E-state index in [-0.39, 0.29) is 17.9 Å². The number of hydrogen-bond acceptors (Lipinski definition) is 1. The number of hydrogen-bond donors (Lipinski definition) is 1. The van der Waals surface area contributed by atoms with E-state index in [2.05, 4.69) is 5.32 Å². The minimum absolute atomic E-state index is 0.0222. The van der Waals surface area contributed by atoms with Crippen molar-refractivity contribution >= 4 is 29.1 Å². The lowest BCUT2D eigenvalue weighted by atomic mass is 10.1. The van der Waals surface area contributed by atoms with Gasteiger partial charge in [-0.3, -0.25) is 4.79 Å². The van der Waals surface area contributed by atoms with Gasteiger partial charge >= 0.3 is 0 Å². The lowest BCUT2D eigenvalue weighted by Crippen LogP contribution is -2.28. The maximum absolute atomic E-state index is 13.7. The van der Waals surface area contributed by atoms with Crippen molar-refractivity contribution in [2.75, 3.05) is 0 Å². The summed E-state index contributed by atoms with van der Waals surface area (Å²) < 4.78 is 26.6. The Balaban J connectivity index is 2.08. The molecule has 0 saturated carbocycles. The number of carbonyl (C=O) groups is 1. The zero-order valence-electron chi connectivity index (χ0n) is 11.7. The van der Waals surface area contributed by atoms with Gasteiger partial charge in [0.25, 0.3) is 0 Å². The van der Waals surface area contributed by atoms with Gasteiger partial charge in [-0.1, -0.05) is 35.3 Å². The molecule has 0 saturated heterocycles. The number of benzene rings is 2. The average Bonchev–Trinajstić information content (AvgIpc) is 2.42. The predicted octanol–water partition coefficient (Wildman–Crippen LogP) is 4.69. The molecular formula is C16H13Cl2F2NO. The van der Waals surface area contributed by atoms with E-state index in [9.17, 15) is 13.6 Å². The highest BCUT2D eigenvalue weighted by atomic mass is 35.5. The van der Waals surface area contributed by atoms with Crippen LogP contribution in [-0.2, 0) is 11.2 Å². The summed E-state index contributed by atoms with van der Waals surface area (Å²) in [6.07, 6.45) is -0.0222. The molecule has 2 rings (SSSR count). The summed E-state index contributed by atoms with van der Waals surface area (Å²) in [6.45, 7) is 1.61. The molecule has 22 heavy (non-hydrogen) atoms. The molecule has 0 unspecified atom stereocenters. The fourth-order valence-corrected chi connectivity index (χ4v) is 2.62. The standard InChI is InChI=1S/C16H13Cl2F2NO/c1-9(11-6-5-10(19)7-15(11)20)21-16(22)8-12-13(17)3-2-4-14(12)18/h2-7,9H,8H2,1H3,(H,21,22)/t9-/m0/s1. The van der Waals surface area contributed by atoms with Gasteiger partial charge in [0.05, 0.1) is 12.5 Å². The summed E-state index contributed by atoms with van der Waals surface area (Å²) in [7, 11) is 0. The Morgan fingerprint density at radius 2 is 1.82 bits per heavy atom. The van der Waals surface area contributed by atoms with E-state index < -0.39 is 17.7 Å². The topological polar surface area (TPSA) is 29.1 Å². The third-order valence-electron chi connectivity index (χ3n) is 3.21. The molecule has 6 heteroatoms. The van der Waals surface area contributed by atoms with Gasteiger partial charge in [0, 0.05) is 21.7 Å². The van der Waals surface area contributed by atoms with Crippen LogP contribution in [0.2, 0.25) is 10.0 Å². The van der Waals surface area contributed by atoms with E-state index in [4.69, 9.17) is 23.2 Å². The van der Waals surface area contributed by atoms with Crippen LogP contribution in [0.15, 0.2) is 36.4 Å². The van der Waals surface area contributed by atoms with E-state index in [1.54, 1.807) is 25.1 Å². The number of halogens is 4. The monoisotopic (exact) mass is 343 g/mol. The van der Waals surface area contributed by atoms with Crippen molar-refractivity contribution in [3.63, 3.8) is 0 Å². The predicted molar refractivity (Wildman–Crippen MR) is 83.1 cm³/mol. The first-order valence-corrected chi connectivity index (χ1v) is 7.31. The number of amides is 1. The highest BCUT2D eigenvalue weighted by Gasteiger charge is 2.16. The fraction of sp³-hybridized carbons (Fsp3) is 0.188. The molecule has 2 aromatic carbocycles. The summed E-state index contributed by atoms with van der Waals surface area (Å²) in [5.41, 5.74) is 0.718. The molecule has 2 aromatic rings. The van der Waals surface area contributed by atoms with Crippen molar-refractivity contribution in [3.8, 4) is 0 Å². The van der Waals surface area contributed by atoms with Gasteiger partial charge in [0.1, 0.15) is 11.6 Å². The maximum Gasteiger partial charge on any atom is 0.225 e. The lowest BCUT2D eigenvalue weighted by molar-refractivity contribution is -0.121. The van der Waals surface area contributed by atoms with Crippen LogP contribution in [0.3, 0.4) is 0 Å². The largest absolute Gasteiger partial charge is 0.349 e. The molecule has 0 aromatic heterocycles. The van der Waals surface area contributed by atoms with E-state index in [1.807, 2.05) is 0 Å². The molecule has 0 heterocycles. The lowest BCUT2D eigenvalue weighted by Gasteiger charge is -2.16. The van der Waals surface area contributed by atoms with Gasteiger partial charge in [-0.2, -0.15) is 0 Å². The zero-order valence-corrected chi connectivity index (χ0v) is 13.2. The summed E-state index contributed by atoms with van der Waals surface area (Å²) in [5, 5.41) is 3.42. The summed E-state index contributed by atoms with van der Waals surface area (Å²) in [6, 6.07) is 7.59. The Bertz CT molecular complexity index is 686. The number of nitrogens with one attached hydrogen (secondary N) is 1. The molecule has 116 valence electrons. The minimum atomic E-state index is -0.705. The van der Waals surface area contributed by atoms with Crippen molar-refractivity contribution in [1.29, 1.82) is 0 Å². The highest BCUT2D eigenvalue weighted by molar-refractivity contribution is 6.36. The molecule has 1 amide bonds. The fourth-order valence-electron chi connectivity index (χ4n) is 2.08. The summed E-state index contributed by atoms with van der Waals surface area (Å²) >= 11 is 12.0. The van der Waals surface area contributed by atoms with Crippen molar-refractivity contribution in [2.45, 2.75) is 19.4 Å². The molecule has 0 aliphatic carbocycles. The average molecular weight is 344 g/mol. The van der Waals surface area contributed by atoms with Crippen molar-refractivity contribution in [3.05, 3.63) is 69.2 Å². The normalized spacial score (nSPS) is 12.0. The Kier molecular flexibility index (Phi) is 5.37. The molecule has 1 atom stereocenters. The van der Waals surface area contributed by atoms with Crippen LogP contribution >= 0.6 is 23.2 Å². The second-order valence-electron chi connectivity index (χ2n) is 4.83. The molecule has 1 N–H and O–H groups in total. The second kappa shape index (κ2) is 7.07. The molecule has 0 aliphatic rings. The van der Waals surface area contributed by atoms with Gasteiger partial charge in [0.15, 0.2) is 0 Å². The number of carbonyl (C=O) groups excluding carboxylic acids is 1. The van der Waals surface area contributed by atoms with Crippen LogP contribution in [0.25, 0.3) is 0 Å². The van der Waals surface area contributed by atoms with Gasteiger partial charge in [-0.15, -0.1) is 0 Å². The molecule has 0 fully saturated rings. The molecular weight excluding hydrogens is 331 g/mol. The zero-order chi connectivity index (χ0) is 16.3. The van der Waals surface area contributed by atoms with Crippen molar-refractivity contribution in [1.82, 2.24) is 5.32 Å². The third-order valence-corrected chi connectivity index (χ3v) is 3.91. The van der Waals surface area contributed by atoms with Crippen LogP contribution in [0.4, 0.5) is 8.78 Å². The van der Waals surface area contributed by atoms with Gasteiger partial charge < -0.3 is 5.32 Å². The van der Waals surface area contributed by atoms with Crippen LogP contribution in [0.5, 0.6) is 0 Å². The smallest absolute Gasteiger partial charge is 0.225 e. The minimum Gasteiger partial charge on any atom is -0.349 e. The summed E-state index contributed by atoms with van der Waals surface area (Å²) in [4.78, 5) is 12.1. The van der Waals surface area contributed by atoms with Crippen LogP contribution in [0.1, 0.15) is 24.1 Å². The van der Waals surface area contributed by atoms with E-state index >= 15 is 0 Å². The van der Waals surface area contributed by atoms with Crippen LogP contribution in [0, 0.1) is 11.6 Å². The molecule has 2 nitrogen and oxygen atoms in total. The van der Waals surface area contributed by atoms with Gasteiger partial charge in [-0.25, -0.2) is 8.78 Å². The maximum atomic E-state index is 13.7. The van der Waals surface area contributed by atoms with Crippen LogP contribution < -0.4 is 5.32 Å². The quantitative estimate of drug-likeness (QED) is 0.857. The molecule has 0 radical (unpaired) electrons. The molecule has 0 aliphatic heterocycles. The Hall–Kier alpha value is -1.65. The first kappa shape index (κ1) is 16.7. The van der Waals surface area contributed by atoms with E-state index in [1.165, 1.54) is 6.07 Å². The Morgan fingerprint density at radius 1 is 1.18 bits per heavy atom. The van der Waals surface area contributed by atoms with Gasteiger partial charge in [0.2, 0.25) is 5.91 Å². The van der Waals surface area contributed by atoms with Gasteiger partial charge in [-0.05, 0) is 30.7 Å². The Morgan fingerprint density at radius 3 is 2.41 bits per heavy atom. The Labute approximate surface area is 137 Å². The summed E-state index contributed by atoms with van der Waals surface area (Å²) in [5.74, 6) is -1.72.